The number of hydrogen-bond donors (Lipinski definition) is 1. The summed E-state index contributed by atoms with van der Waals surface area (Å²) in [4.78, 5) is 26.5. The van der Waals surface area contributed by atoms with Gasteiger partial charge in [0.05, 0.1) is 17.0 Å². The molecule has 3 heterocycles. The van der Waals surface area contributed by atoms with Crippen LogP contribution < -0.4 is 0 Å². The second-order valence-electron chi connectivity index (χ2n) is 7.24. The molecular weight excluding hydrogens is 308 g/mol. The number of thiazole rings is 1. The number of hydrogen-bond acceptors (Lipinski definition) is 4. The fraction of sp³-hybridized carbons (Fsp3) is 0.588. The molecule has 1 N–H and O–H groups in total. The van der Waals surface area contributed by atoms with Gasteiger partial charge in [-0.1, -0.05) is 20.8 Å². The van der Waals surface area contributed by atoms with Crippen molar-refractivity contribution in [1.82, 2.24) is 19.9 Å². The Hall–Kier alpha value is -1.69. The van der Waals surface area contributed by atoms with E-state index in [4.69, 9.17) is 0 Å². The SMILES string of the molecule is CC(C)(C)c1[nH]cnc1C(=O)N1CCC(Cc2nccs2)CC1. The summed E-state index contributed by atoms with van der Waals surface area (Å²) in [6.07, 6.45) is 6.61. The second-order valence-corrected chi connectivity index (χ2v) is 8.22. The summed E-state index contributed by atoms with van der Waals surface area (Å²) >= 11 is 1.72. The van der Waals surface area contributed by atoms with Gasteiger partial charge in [0.25, 0.3) is 5.91 Å². The van der Waals surface area contributed by atoms with Crippen LogP contribution in [0.4, 0.5) is 0 Å². The standard InChI is InChI=1S/C17H24N4OS/c1-17(2,3)15-14(19-11-20-15)16(22)21-7-4-12(5-8-21)10-13-18-6-9-23-13/h6,9,11-12H,4-5,7-8,10H2,1-3H3,(H,19,20). The van der Waals surface area contributed by atoms with Crippen molar-refractivity contribution in [2.75, 3.05) is 13.1 Å². The molecule has 0 unspecified atom stereocenters. The zero-order valence-corrected chi connectivity index (χ0v) is 14.8. The van der Waals surface area contributed by atoms with Crippen molar-refractivity contribution in [3.05, 3.63) is 34.3 Å². The molecular formula is C17H24N4OS. The van der Waals surface area contributed by atoms with Crippen molar-refractivity contribution in [3.63, 3.8) is 0 Å². The van der Waals surface area contributed by atoms with Crippen LogP contribution in [0.2, 0.25) is 0 Å². The third kappa shape index (κ3) is 3.63. The van der Waals surface area contributed by atoms with Crippen molar-refractivity contribution in [2.24, 2.45) is 5.92 Å². The number of rotatable bonds is 3. The highest BCUT2D eigenvalue weighted by molar-refractivity contribution is 7.09. The highest BCUT2D eigenvalue weighted by Crippen LogP contribution is 2.27. The van der Waals surface area contributed by atoms with E-state index >= 15 is 0 Å². The van der Waals surface area contributed by atoms with Crippen LogP contribution in [0.1, 0.15) is 54.8 Å². The van der Waals surface area contributed by atoms with Crippen LogP contribution >= 0.6 is 11.3 Å². The molecule has 0 aliphatic carbocycles. The van der Waals surface area contributed by atoms with E-state index in [-0.39, 0.29) is 11.3 Å². The largest absolute Gasteiger partial charge is 0.347 e. The van der Waals surface area contributed by atoms with Crippen molar-refractivity contribution in [1.29, 1.82) is 0 Å². The van der Waals surface area contributed by atoms with Crippen LogP contribution in [-0.4, -0.2) is 38.8 Å². The molecule has 1 saturated heterocycles. The van der Waals surface area contributed by atoms with Gasteiger partial charge in [-0.3, -0.25) is 4.79 Å². The monoisotopic (exact) mass is 332 g/mol. The molecule has 6 heteroatoms. The maximum atomic E-state index is 12.8. The van der Waals surface area contributed by atoms with Crippen LogP contribution in [0, 0.1) is 5.92 Å². The number of carbonyl (C=O) groups is 1. The van der Waals surface area contributed by atoms with E-state index in [1.165, 1.54) is 5.01 Å². The normalized spacial score (nSPS) is 16.7. The van der Waals surface area contributed by atoms with Crippen LogP contribution in [0.5, 0.6) is 0 Å². The summed E-state index contributed by atoms with van der Waals surface area (Å²) in [5.41, 5.74) is 1.40. The Morgan fingerprint density at radius 2 is 2.09 bits per heavy atom. The van der Waals surface area contributed by atoms with E-state index in [9.17, 15) is 4.79 Å². The lowest BCUT2D eigenvalue weighted by Crippen LogP contribution is -2.40. The van der Waals surface area contributed by atoms with Gasteiger partial charge in [0.15, 0.2) is 0 Å². The van der Waals surface area contributed by atoms with Gasteiger partial charge in [-0.25, -0.2) is 9.97 Å². The average Bonchev–Trinajstić information content (AvgIpc) is 3.18. The minimum atomic E-state index is -0.106. The van der Waals surface area contributed by atoms with Gasteiger partial charge in [-0.15, -0.1) is 11.3 Å². The molecule has 2 aromatic heterocycles. The number of imidazole rings is 1. The maximum absolute atomic E-state index is 12.8. The smallest absolute Gasteiger partial charge is 0.274 e. The number of H-pyrrole nitrogens is 1. The predicted molar refractivity (Wildman–Crippen MR) is 91.7 cm³/mol. The van der Waals surface area contributed by atoms with Gasteiger partial charge in [-0.2, -0.15) is 0 Å². The lowest BCUT2D eigenvalue weighted by Gasteiger charge is -2.32. The summed E-state index contributed by atoms with van der Waals surface area (Å²) < 4.78 is 0. The molecule has 0 spiro atoms. The highest BCUT2D eigenvalue weighted by Gasteiger charge is 2.30. The molecule has 0 aromatic carbocycles. The maximum Gasteiger partial charge on any atom is 0.274 e. The molecule has 23 heavy (non-hydrogen) atoms. The van der Waals surface area contributed by atoms with E-state index in [0.717, 1.165) is 38.0 Å². The molecule has 1 aliphatic heterocycles. The van der Waals surface area contributed by atoms with Crippen LogP contribution in [-0.2, 0) is 11.8 Å². The number of amides is 1. The van der Waals surface area contributed by atoms with Gasteiger partial charge in [-0.05, 0) is 18.8 Å². The molecule has 0 saturated carbocycles. The van der Waals surface area contributed by atoms with Gasteiger partial charge in [0, 0.05) is 36.5 Å². The molecule has 0 bridgehead atoms. The molecule has 3 rings (SSSR count). The Labute approximate surface area is 141 Å². The van der Waals surface area contributed by atoms with Crippen molar-refractivity contribution in [3.8, 4) is 0 Å². The number of nitrogens with one attached hydrogen (secondary N) is 1. The first-order chi connectivity index (χ1) is 10.9. The first-order valence-corrected chi connectivity index (χ1v) is 9.04. The van der Waals surface area contributed by atoms with Gasteiger partial charge < -0.3 is 9.88 Å². The first-order valence-electron chi connectivity index (χ1n) is 8.16. The summed E-state index contributed by atoms with van der Waals surface area (Å²) in [6, 6.07) is 0. The Kier molecular flexibility index (Phi) is 4.53. The third-order valence-corrected chi connectivity index (χ3v) is 5.24. The minimum absolute atomic E-state index is 0.0591. The first kappa shape index (κ1) is 16.2. The molecule has 0 radical (unpaired) electrons. The number of aromatic amines is 1. The summed E-state index contributed by atoms with van der Waals surface area (Å²) in [6.45, 7) is 7.91. The quantitative estimate of drug-likeness (QED) is 0.938. The molecule has 1 aliphatic rings. The number of piperidine rings is 1. The number of nitrogens with zero attached hydrogens (tertiary/aromatic N) is 3. The highest BCUT2D eigenvalue weighted by atomic mass is 32.1. The van der Waals surface area contributed by atoms with Crippen LogP contribution in [0.3, 0.4) is 0 Å². The van der Waals surface area contributed by atoms with E-state index < -0.39 is 0 Å². The Balaban J connectivity index is 1.61. The van der Waals surface area contributed by atoms with Gasteiger partial charge in [0.2, 0.25) is 0 Å². The van der Waals surface area contributed by atoms with E-state index in [2.05, 4.69) is 35.7 Å². The lowest BCUT2D eigenvalue weighted by atomic mass is 9.89. The summed E-state index contributed by atoms with van der Waals surface area (Å²) in [5.74, 6) is 0.690. The topological polar surface area (TPSA) is 61.9 Å². The van der Waals surface area contributed by atoms with Crippen molar-refractivity contribution in [2.45, 2.75) is 45.4 Å². The Bertz CT molecular complexity index is 648. The molecule has 1 fully saturated rings. The predicted octanol–water partition coefficient (Wildman–Crippen LogP) is 3.26. The fourth-order valence-electron chi connectivity index (χ4n) is 3.12. The summed E-state index contributed by atoms with van der Waals surface area (Å²) in [7, 11) is 0. The fourth-order valence-corrected chi connectivity index (χ4v) is 3.85. The molecule has 1 amide bonds. The third-order valence-electron chi connectivity index (χ3n) is 4.44. The van der Waals surface area contributed by atoms with Crippen molar-refractivity contribution < 1.29 is 4.79 Å². The number of carbonyl (C=O) groups excluding carboxylic acids is 1. The van der Waals surface area contributed by atoms with Crippen molar-refractivity contribution >= 4 is 17.2 Å². The Morgan fingerprint density at radius 1 is 1.35 bits per heavy atom. The number of aromatic nitrogens is 3. The minimum Gasteiger partial charge on any atom is -0.347 e. The van der Waals surface area contributed by atoms with E-state index in [1.54, 1.807) is 17.7 Å². The average molecular weight is 332 g/mol. The van der Waals surface area contributed by atoms with E-state index in [0.29, 0.717) is 11.6 Å². The van der Waals surface area contributed by atoms with Gasteiger partial charge in [0.1, 0.15) is 5.69 Å². The molecule has 0 atom stereocenters. The zero-order valence-electron chi connectivity index (χ0n) is 14.0. The number of likely N-dealkylation sites (tertiary alicyclic amines) is 1. The molecule has 2 aromatic rings. The van der Waals surface area contributed by atoms with Crippen LogP contribution in [0.25, 0.3) is 0 Å². The molecule has 5 nitrogen and oxygen atoms in total. The molecule has 124 valence electrons. The Morgan fingerprint density at radius 3 is 2.70 bits per heavy atom. The van der Waals surface area contributed by atoms with Crippen LogP contribution in [0.15, 0.2) is 17.9 Å². The van der Waals surface area contributed by atoms with E-state index in [1.807, 2.05) is 16.5 Å². The zero-order chi connectivity index (χ0) is 16.4. The second kappa shape index (κ2) is 6.43. The lowest BCUT2D eigenvalue weighted by molar-refractivity contribution is 0.0682. The summed E-state index contributed by atoms with van der Waals surface area (Å²) in [5, 5.41) is 3.23. The van der Waals surface area contributed by atoms with Gasteiger partial charge >= 0.3 is 0 Å².